The van der Waals surface area contributed by atoms with Crippen LogP contribution in [0, 0.1) is 23.7 Å². The van der Waals surface area contributed by atoms with Crippen LogP contribution in [0.4, 0.5) is 0 Å². The summed E-state index contributed by atoms with van der Waals surface area (Å²) in [6, 6.07) is 9.07. The van der Waals surface area contributed by atoms with Gasteiger partial charge >= 0.3 is 0 Å². The first-order chi connectivity index (χ1) is 11.1. The van der Waals surface area contributed by atoms with Gasteiger partial charge in [-0.25, -0.2) is 0 Å². The number of nitrogens with two attached hydrogens (primary N) is 1. The molecule has 3 aliphatic rings. The summed E-state index contributed by atoms with van der Waals surface area (Å²) >= 11 is 0. The van der Waals surface area contributed by atoms with Crippen molar-refractivity contribution in [1.82, 2.24) is 5.32 Å². The zero-order chi connectivity index (χ0) is 16.0. The molecule has 0 radical (unpaired) electrons. The molecule has 0 saturated heterocycles. The summed E-state index contributed by atoms with van der Waals surface area (Å²) in [6.45, 7) is 2.25. The van der Waals surface area contributed by atoms with Gasteiger partial charge in [-0.15, -0.1) is 0 Å². The van der Waals surface area contributed by atoms with Crippen molar-refractivity contribution in [3.05, 3.63) is 35.4 Å². The zero-order valence-corrected chi connectivity index (χ0v) is 14.0. The molecule has 1 amide bonds. The number of carbonyl (C=O) groups is 1. The van der Waals surface area contributed by atoms with Crippen molar-refractivity contribution in [3.8, 4) is 0 Å². The topological polar surface area (TPSA) is 55.1 Å². The zero-order valence-electron chi connectivity index (χ0n) is 14.0. The van der Waals surface area contributed by atoms with Gasteiger partial charge in [-0.1, -0.05) is 37.6 Å². The normalized spacial score (nSPS) is 38.9. The largest absolute Gasteiger partial charge is 0.349 e. The number of hydrogen-bond donors (Lipinski definition) is 2. The van der Waals surface area contributed by atoms with Gasteiger partial charge in [0, 0.05) is 12.0 Å². The third-order valence-corrected chi connectivity index (χ3v) is 6.58. The standard InChI is InChI=1S/C20H28N2O/c1-12-9-13-5-2-3-8-17(13)19(12)22-20(23)16-10-14-6-4-7-15(11-16)18(14)21/h2-3,5,8,12,14-16,18-19H,4,6-7,9-11,21H2,1H3,(H,22,23). The molecular weight excluding hydrogens is 284 g/mol. The monoisotopic (exact) mass is 312 g/mol. The smallest absolute Gasteiger partial charge is 0.223 e. The SMILES string of the molecule is CC1Cc2ccccc2C1NC(=O)C1CC2CCCC(C1)C2N. The van der Waals surface area contributed by atoms with Gasteiger partial charge < -0.3 is 11.1 Å². The molecule has 3 nitrogen and oxygen atoms in total. The van der Waals surface area contributed by atoms with Crippen LogP contribution in [0.2, 0.25) is 0 Å². The highest BCUT2D eigenvalue weighted by Gasteiger charge is 2.41. The minimum atomic E-state index is 0.171. The Labute approximate surface area is 139 Å². The number of fused-ring (bicyclic) bond motifs is 3. The summed E-state index contributed by atoms with van der Waals surface area (Å²) in [6.07, 6.45) is 6.78. The first-order valence-electron chi connectivity index (χ1n) is 9.27. The molecule has 3 heteroatoms. The lowest BCUT2D eigenvalue weighted by atomic mass is 9.65. The molecule has 2 fully saturated rings. The van der Waals surface area contributed by atoms with Gasteiger partial charge in [0.15, 0.2) is 0 Å². The Morgan fingerprint density at radius 1 is 1.17 bits per heavy atom. The summed E-state index contributed by atoms with van der Waals surface area (Å²) in [5.74, 6) is 2.05. The molecule has 1 aromatic rings. The third kappa shape index (κ3) is 2.69. The molecule has 4 rings (SSSR count). The molecule has 0 aromatic heterocycles. The van der Waals surface area contributed by atoms with E-state index in [1.54, 1.807) is 0 Å². The highest BCUT2D eigenvalue weighted by atomic mass is 16.1. The Kier molecular flexibility index (Phi) is 3.92. The fourth-order valence-electron chi connectivity index (χ4n) is 5.29. The summed E-state index contributed by atoms with van der Waals surface area (Å²) < 4.78 is 0. The summed E-state index contributed by atoms with van der Waals surface area (Å²) in [5, 5.41) is 3.38. The van der Waals surface area contributed by atoms with Crippen LogP contribution in [-0.4, -0.2) is 11.9 Å². The maximum absolute atomic E-state index is 12.9. The second kappa shape index (κ2) is 5.94. The van der Waals surface area contributed by atoms with Gasteiger partial charge in [0.25, 0.3) is 0 Å². The fraction of sp³-hybridized carbons (Fsp3) is 0.650. The highest BCUT2D eigenvalue weighted by molar-refractivity contribution is 5.79. The van der Waals surface area contributed by atoms with E-state index in [0.29, 0.717) is 23.8 Å². The minimum absolute atomic E-state index is 0.171. The van der Waals surface area contributed by atoms with E-state index in [1.165, 1.54) is 30.4 Å². The van der Waals surface area contributed by atoms with Gasteiger partial charge in [0.05, 0.1) is 6.04 Å². The quantitative estimate of drug-likeness (QED) is 0.881. The van der Waals surface area contributed by atoms with Crippen LogP contribution in [-0.2, 0) is 11.2 Å². The van der Waals surface area contributed by atoms with Crippen molar-refractivity contribution in [2.45, 2.75) is 57.5 Å². The molecule has 4 atom stereocenters. The number of hydrogen-bond acceptors (Lipinski definition) is 2. The molecule has 0 heterocycles. The van der Waals surface area contributed by atoms with Crippen LogP contribution in [0.5, 0.6) is 0 Å². The Bertz CT molecular complexity index is 585. The van der Waals surface area contributed by atoms with Gasteiger partial charge in [0.1, 0.15) is 0 Å². The van der Waals surface area contributed by atoms with Crippen LogP contribution >= 0.6 is 0 Å². The van der Waals surface area contributed by atoms with E-state index in [0.717, 1.165) is 19.3 Å². The Balaban J connectivity index is 1.46. The maximum Gasteiger partial charge on any atom is 0.223 e. The van der Waals surface area contributed by atoms with Gasteiger partial charge in [0.2, 0.25) is 5.91 Å². The third-order valence-electron chi connectivity index (χ3n) is 6.58. The summed E-state index contributed by atoms with van der Waals surface area (Å²) in [5.41, 5.74) is 9.08. The molecule has 0 aliphatic heterocycles. The predicted octanol–water partition coefficient (Wildman–Crippen LogP) is 3.19. The lowest BCUT2D eigenvalue weighted by Crippen LogP contribution is -2.49. The Morgan fingerprint density at radius 2 is 1.87 bits per heavy atom. The van der Waals surface area contributed by atoms with Crippen molar-refractivity contribution < 1.29 is 4.79 Å². The van der Waals surface area contributed by atoms with Crippen molar-refractivity contribution in [3.63, 3.8) is 0 Å². The number of carbonyl (C=O) groups excluding carboxylic acids is 1. The molecule has 2 saturated carbocycles. The molecule has 3 aliphatic carbocycles. The van der Waals surface area contributed by atoms with Gasteiger partial charge in [-0.3, -0.25) is 4.79 Å². The molecule has 124 valence electrons. The molecule has 23 heavy (non-hydrogen) atoms. The van der Waals surface area contributed by atoms with E-state index in [1.807, 2.05) is 0 Å². The average molecular weight is 312 g/mol. The number of amides is 1. The van der Waals surface area contributed by atoms with Gasteiger partial charge in [-0.2, -0.15) is 0 Å². The van der Waals surface area contributed by atoms with Crippen LogP contribution in [0.15, 0.2) is 24.3 Å². The van der Waals surface area contributed by atoms with Crippen molar-refractivity contribution >= 4 is 5.91 Å². The minimum Gasteiger partial charge on any atom is -0.349 e. The van der Waals surface area contributed by atoms with Gasteiger partial charge in [-0.05, 0) is 61.0 Å². The molecule has 0 spiro atoms. The van der Waals surface area contributed by atoms with E-state index >= 15 is 0 Å². The number of nitrogens with one attached hydrogen (secondary N) is 1. The molecule has 4 unspecified atom stereocenters. The van der Waals surface area contributed by atoms with Crippen LogP contribution in [0.3, 0.4) is 0 Å². The summed E-state index contributed by atoms with van der Waals surface area (Å²) in [7, 11) is 0. The van der Waals surface area contributed by atoms with E-state index in [4.69, 9.17) is 5.73 Å². The van der Waals surface area contributed by atoms with E-state index in [2.05, 4.69) is 36.5 Å². The number of rotatable bonds is 2. The van der Waals surface area contributed by atoms with Crippen molar-refractivity contribution in [2.75, 3.05) is 0 Å². The van der Waals surface area contributed by atoms with E-state index in [-0.39, 0.29) is 17.9 Å². The lowest BCUT2D eigenvalue weighted by Gasteiger charge is -2.43. The van der Waals surface area contributed by atoms with Crippen molar-refractivity contribution in [1.29, 1.82) is 0 Å². The fourth-order valence-corrected chi connectivity index (χ4v) is 5.29. The van der Waals surface area contributed by atoms with Crippen LogP contribution in [0.1, 0.15) is 56.2 Å². The molecule has 3 N–H and O–H groups in total. The lowest BCUT2D eigenvalue weighted by molar-refractivity contribution is -0.129. The second-order valence-electron chi connectivity index (χ2n) is 8.06. The van der Waals surface area contributed by atoms with Crippen LogP contribution in [0.25, 0.3) is 0 Å². The first kappa shape index (κ1) is 15.2. The molecule has 1 aromatic carbocycles. The number of benzene rings is 1. The van der Waals surface area contributed by atoms with E-state index in [9.17, 15) is 4.79 Å². The Hall–Kier alpha value is -1.35. The summed E-state index contributed by atoms with van der Waals surface area (Å²) in [4.78, 5) is 12.9. The Morgan fingerprint density at radius 3 is 2.61 bits per heavy atom. The maximum atomic E-state index is 12.9. The predicted molar refractivity (Wildman–Crippen MR) is 91.7 cm³/mol. The van der Waals surface area contributed by atoms with E-state index < -0.39 is 0 Å². The van der Waals surface area contributed by atoms with Crippen LogP contribution < -0.4 is 11.1 Å². The second-order valence-corrected chi connectivity index (χ2v) is 8.06. The first-order valence-corrected chi connectivity index (χ1v) is 9.27. The van der Waals surface area contributed by atoms with Crippen molar-refractivity contribution in [2.24, 2.45) is 29.4 Å². The molecule has 2 bridgehead atoms. The average Bonchev–Trinajstić information content (AvgIpc) is 2.83. The highest BCUT2D eigenvalue weighted by Crippen LogP contribution is 2.43. The molecular formula is C20H28N2O.